The maximum atomic E-state index is 12.7. The predicted molar refractivity (Wildman–Crippen MR) is 126 cm³/mol. The van der Waals surface area contributed by atoms with Crippen LogP contribution in [-0.2, 0) is 11.3 Å². The summed E-state index contributed by atoms with van der Waals surface area (Å²) in [5.74, 6) is 1.77. The van der Waals surface area contributed by atoms with Crippen LogP contribution in [0, 0.1) is 13.8 Å². The fourth-order valence-corrected chi connectivity index (χ4v) is 4.39. The van der Waals surface area contributed by atoms with Crippen molar-refractivity contribution in [1.29, 1.82) is 0 Å². The summed E-state index contributed by atoms with van der Waals surface area (Å²) in [4.78, 5) is 19.5. The molecule has 2 atom stereocenters. The third-order valence-corrected chi connectivity index (χ3v) is 6.30. The molecular weight excluding hydrogens is 402 g/mol. The first-order valence-corrected chi connectivity index (χ1v) is 11.3. The van der Waals surface area contributed by atoms with Crippen molar-refractivity contribution in [1.82, 2.24) is 14.5 Å². The number of likely N-dealkylation sites (tertiary alicyclic amines) is 1. The van der Waals surface area contributed by atoms with Gasteiger partial charge in [-0.1, -0.05) is 18.2 Å². The molecule has 1 fully saturated rings. The lowest BCUT2D eigenvalue weighted by Gasteiger charge is -2.32. The SMILES string of the molecule is Cc1ccc(OC[C@@H](O)Cn2c([C@H]3CC(=O)N(C(C)(C)C)C3)nc3ccccc32)cc1C. The van der Waals surface area contributed by atoms with Crippen molar-refractivity contribution < 1.29 is 14.6 Å². The van der Waals surface area contributed by atoms with E-state index in [0.717, 1.165) is 28.2 Å². The number of ether oxygens (including phenoxy) is 1. The summed E-state index contributed by atoms with van der Waals surface area (Å²) in [6, 6.07) is 13.9. The van der Waals surface area contributed by atoms with Gasteiger partial charge in [0.2, 0.25) is 5.91 Å². The molecule has 2 heterocycles. The van der Waals surface area contributed by atoms with Gasteiger partial charge in [0.25, 0.3) is 0 Å². The molecule has 3 aromatic rings. The van der Waals surface area contributed by atoms with E-state index < -0.39 is 6.10 Å². The van der Waals surface area contributed by atoms with Crippen molar-refractivity contribution in [3.05, 3.63) is 59.4 Å². The number of aliphatic hydroxyl groups excluding tert-OH is 1. The van der Waals surface area contributed by atoms with Crippen molar-refractivity contribution in [3.8, 4) is 5.75 Å². The number of imidazole rings is 1. The van der Waals surface area contributed by atoms with Gasteiger partial charge in [0.05, 0.1) is 17.6 Å². The quantitative estimate of drug-likeness (QED) is 0.630. The van der Waals surface area contributed by atoms with Crippen LogP contribution in [0.4, 0.5) is 0 Å². The van der Waals surface area contributed by atoms with Crippen LogP contribution in [0.5, 0.6) is 5.75 Å². The Bertz CT molecular complexity index is 1130. The van der Waals surface area contributed by atoms with E-state index in [0.29, 0.717) is 19.5 Å². The monoisotopic (exact) mass is 435 g/mol. The molecule has 1 aliphatic heterocycles. The van der Waals surface area contributed by atoms with Crippen LogP contribution in [-0.4, -0.2) is 50.3 Å². The van der Waals surface area contributed by atoms with Gasteiger partial charge < -0.3 is 19.3 Å². The largest absolute Gasteiger partial charge is 0.491 e. The van der Waals surface area contributed by atoms with E-state index in [9.17, 15) is 9.90 Å². The predicted octanol–water partition coefficient (Wildman–Crippen LogP) is 4.21. The van der Waals surface area contributed by atoms with Crippen LogP contribution in [0.15, 0.2) is 42.5 Å². The first kappa shape index (κ1) is 22.3. The number of rotatable bonds is 6. The van der Waals surface area contributed by atoms with Crippen molar-refractivity contribution in [2.45, 2.75) is 65.1 Å². The number of amides is 1. The van der Waals surface area contributed by atoms with Crippen LogP contribution in [0.2, 0.25) is 0 Å². The minimum absolute atomic E-state index is 0.00184. The van der Waals surface area contributed by atoms with Crippen LogP contribution in [0.25, 0.3) is 11.0 Å². The molecule has 1 saturated heterocycles. The van der Waals surface area contributed by atoms with E-state index in [1.54, 1.807) is 0 Å². The van der Waals surface area contributed by atoms with E-state index in [4.69, 9.17) is 9.72 Å². The van der Waals surface area contributed by atoms with Crippen LogP contribution < -0.4 is 4.74 Å². The smallest absolute Gasteiger partial charge is 0.223 e. The van der Waals surface area contributed by atoms with E-state index in [-0.39, 0.29) is 24.0 Å². The van der Waals surface area contributed by atoms with Crippen LogP contribution in [0.3, 0.4) is 0 Å². The molecule has 0 saturated carbocycles. The topological polar surface area (TPSA) is 67.6 Å². The van der Waals surface area contributed by atoms with Gasteiger partial charge in [0, 0.05) is 24.4 Å². The molecule has 170 valence electrons. The summed E-state index contributed by atoms with van der Waals surface area (Å²) in [6.45, 7) is 11.5. The molecule has 1 N–H and O–H groups in total. The molecule has 1 amide bonds. The molecule has 1 aromatic heterocycles. The fourth-order valence-electron chi connectivity index (χ4n) is 4.39. The number of para-hydroxylation sites is 2. The second-order valence-electron chi connectivity index (χ2n) is 9.86. The average molecular weight is 436 g/mol. The minimum atomic E-state index is -0.705. The highest BCUT2D eigenvalue weighted by Gasteiger charge is 2.39. The lowest BCUT2D eigenvalue weighted by atomic mass is 10.1. The maximum Gasteiger partial charge on any atom is 0.223 e. The average Bonchev–Trinajstić information content (AvgIpc) is 3.30. The number of carbonyl (C=O) groups excluding carboxylic acids is 1. The molecule has 32 heavy (non-hydrogen) atoms. The molecule has 0 unspecified atom stereocenters. The number of hydrogen-bond acceptors (Lipinski definition) is 4. The Balaban J connectivity index is 1.55. The van der Waals surface area contributed by atoms with Gasteiger partial charge in [-0.15, -0.1) is 0 Å². The zero-order valence-corrected chi connectivity index (χ0v) is 19.6. The summed E-state index contributed by atoms with van der Waals surface area (Å²) < 4.78 is 7.93. The third-order valence-electron chi connectivity index (χ3n) is 6.30. The number of aliphatic hydroxyl groups is 1. The van der Waals surface area contributed by atoms with Crippen molar-refractivity contribution in [2.75, 3.05) is 13.2 Å². The number of benzene rings is 2. The lowest BCUT2D eigenvalue weighted by molar-refractivity contribution is -0.131. The van der Waals surface area contributed by atoms with Gasteiger partial charge in [-0.3, -0.25) is 4.79 Å². The molecule has 1 aliphatic rings. The van der Waals surface area contributed by atoms with E-state index in [2.05, 4.69) is 32.3 Å². The van der Waals surface area contributed by atoms with Gasteiger partial charge in [-0.2, -0.15) is 0 Å². The summed E-state index contributed by atoms with van der Waals surface area (Å²) in [7, 11) is 0. The third kappa shape index (κ3) is 4.51. The summed E-state index contributed by atoms with van der Waals surface area (Å²) in [5, 5.41) is 10.8. The Morgan fingerprint density at radius 3 is 2.59 bits per heavy atom. The van der Waals surface area contributed by atoms with Gasteiger partial charge in [0.15, 0.2) is 0 Å². The maximum absolute atomic E-state index is 12.7. The summed E-state index contributed by atoms with van der Waals surface area (Å²) >= 11 is 0. The highest BCUT2D eigenvalue weighted by molar-refractivity contribution is 5.81. The van der Waals surface area contributed by atoms with Crippen molar-refractivity contribution >= 4 is 16.9 Å². The molecule has 2 aromatic carbocycles. The fraction of sp³-hybridized carbons (Fsp3) is 0.462. The number of nitrogens with zero attached hydrogens (tertiary/aromatic N) is 3. The molecule has 0 radical (unpaired) electrons. The van der Waals surface area contributed by atoms with Crippen molar-refractivity contribution in [3.63, 3.8) is 0 Å². The Kier molecular flexibility index (Phi) is 5.99. The zero-order chi connectivity index (χ0) is 23.0. The first-order valence-electron chi connectivity index (χ1n) is 11.3. The molecule has 0 aliphatic carbocycles. The Morgan fingerprint density at radius 1 is 1.16 bits per heavy atom. The zero-order valence-electron chi connectivity index (χ0n) is 19.6. The lowest BCUT2D eigenvalue weighted by Crippen LogP contribution is -2.42. The van der Waals surface area contributed by atoms with Crippen LogP contribution >= 0.6 is 0 Å². The molecule has 0 bridgehead atoms. The molecular formula is C26H33N3O3. The summed E-state index contributed by atoms with van der Waals surface area (Å²) in [5.41, 5.74) is 4.00. The number of aryl methyl sites for hydroxylation is 2. The Hall–Kier alpha value is -2.86. The van der Waals surface area contributed by atoms with Gasteiger partial charge in [-0.25, -0.2) is 4.98 Å². The summed E-state index contributed by atoms with van der Waals surface area (Å²) in [6.07, 6.45) is -0.265. The number of fused-ring (bicyclic) bond motifs is 1. The van der Waals surface area contributed by atoms with E-state index in [1.807, 2.05) is 54.3 Å². The van der Waals surface area contributed by atoms with Crippen LogP contribution in [0.1, 0.15) is 50.1 Å². The first-order chi connectivity index (χ1) is 15.1. The Labute approximate surface area is 189 Å². The van der Waals surface area contributed by atoms with Crippen molar-refractivity contribution in [2.24, 2.45) is 0 Å². The number of aromatic nitrogens is 2. The highest BCUT2D eigenvalue weighted by atomic mass is 16.5. The molecule has 0 spiro atoms. The second-order valence-corrected chi connectivity index (χ2v) is 9.86. The van der Waals surface area contributed by atoms with Gasteiger partial charge in [-0.05, 0) is 70.0 Å². The molecule has 6 nitrogen and oxygen atoms in total. The molecule has 6 heteroatoms. The van der Waals surface area contributed by atoms with Gasteiger partial charge in [0.1, 0.15) is 24.3 Å². The minimum Gasteiger partial charge on any atom is -0.491 e. The number of hydrogen-bond donors (Lipinski definition) is 1. The standard InChI is InChI=1S/C26H33N3O3/c1-17-10-11-21(12-18(17)2)32-16-20(30)15-28-23-9-7-6-8-22(23)27-25(28)19-13-24(31)29(14-19)26(3,4)5/h6-12,19-20,30H,13-16H2,1-5H3/t19-,20-/m0/s1. The number of carbonyl (C=O) groups is 1. The highest BCUT2D eigenvalue weighted by Crippen LogP contribution is 2.34. The van der Waals surface area contributed by atoms with E-state index in [1.165, 1.54) is 5.56 Å². The second kappa shape index (κ2) is 8.58. The van der Waals surface area contributed by atoms with E-state index >= 15 is 0 Å². The Morgan fingerprint density at radius 2 is 1.91 bits per heavy atom. The normalized spacial score (nSPS) is 17.9. The van der Waals surface area contributed by atoms with Gasteiger partial charge >= 0.3 is 0 Å². The molecule has 4 rings (SSSR count).